The van der Waals surface area contributed by atoms with Crippen LogP contribution in [0.25, 0.3) is 5.82 Å². The Labute approximate surface area is 150 Å². The Balaban J connectivity index is 2.14. The van der Waals surface area contributed by atoms with Crippen molar-refractivity contribution in [3.8, 4) is 5.82 Å². The second-order valence-electron chi connectivity index (χ2n) is 5.75. The maximum absolute atomic E-state index is 12.2. The lowest BCUT2D eigenvalue weighted by molar-refractivity contribution is -0.122. The van der Waals surface area contributed by atoms with Crippen molar-refractivity contribution in [2.24, 2.45) is 0 Å². The second kappa shape index (κ2) is 8.82. The molecule has 2 aromatic heterocycles. The zero-order valence-corrected chi connectivity index (χ0v) is 15.4. The van der Waals surface area contributed by atoms with Crippen LogP contribution in [0.4, 0.5) is 0 Å². The SMILES string of the molecule is CSCC[C@@H](CO)NC(=O)Cn1nc(-n2nc(C)cc2C)ccc1=O. The van der Waals surface area contributed by atoms with E-state index in [1.54, 1.807) is 22.5 Å². The molecule has 0 spiro atoms. The number of aliphatic hydroxyl groups is 1. The molecule has 1 atom stereocenters. The van der Waals surface area contributed by atoms with Crippen molar-refractivity contribution in [2.45, 2.75) is 32.9 Å². The molecule has 0 aliphatic rings. The van der Waals surface area contributed by atoms with Gasteiger partial charge in [-0.2, -0.15) is 16.9 Å². The molecular weight excluding hydrogens is 342 g/mol. The van der Waals surface area contributed by atoms with E-state index in [0.717, 1.165) is 21.8 Å². The summed E-state index contributed by atoms with van der Waals surface area (Å²) in [6, 6.07) is 4.52. The molecule has 0 aromatic carbocycles. The summed E-state index contributed by atoms with van der Waals surface area (Å²) in [7, 11) is 0. The largest absolute Gasteiger partial charge is 0.394 e. The number of hydrogen-bond donors (Lipinski definition) is 2. The fourth-order valence-electron chi connectivity index (χ4n) is 2.40. The van der Waals surface area contributed by atoms with E-state index in [2.05, 4.69) is 15.5 Å². The van der Waals surface area contributed by atoms with Gasteiger partial charge in [-0.15, -0.1) is 5.10 Å². The number of aryl methyl sites for hydroxylation is 2. The maximum atomic E-state index is 12.2. The molecule has 25 heavy (non-hydrogen) atoms. The van der Waals surface area contributed by atoms with E-state index < -0.39 is 0 Å². The van der Waals surface area contributed by atoms with Gasteiger partial charge in [0.15, 0.2) is 5.82 Å². The highest BCUT2D eigenvalue weighted by molar-refractivity contribution is 7.98. The number of rotatable bonds is 8. The van der Waals surface area contributed by atoms with Crippen LogP contribution in [-0.2, 0) is 11.3 Å². The molecule has 0 fully saturated rings. The van der Waals surface area contributed by atoms with Crippen molar-refractivity contribution in [2.75, 3.05) is 18.6 Å². The lowest BCUT2D eigenvalue weighted by Gasteiger charge is -2.16. The maximum Gasteiger partial charge on any atom is 0.267 e. The normalized spacial score (nSPS) is 12.2. The van der Waals surface area contributed by atoms with Crippen LogP contribution >= 0.6 is 11.8 Å². The number of amides is 1. The molecule has 2 heterocycles. The molecule has 2 N–H and O–H groups in total. The molecule has 136 valence electrons. The van der Waals surface area contributed by atoms with E-state index in [1.807, 2.05) is 26.2 Å². The fourth-order valence-corrected chi connectivity index (χ4v) is 2.92. The van der Waals surface area contributed by atoms with Crippen LogP contribution in [0, 0.1) is 13.8 Å². The van der Waals surface area contributed by atoms with Crippen molar-refractivity contribution in [1.82, 2.24) is 24.9 Å². The van der Waals surface area contributed by atoms with Crippen LogP contribution < -0.4 is 10.9 Å². The minimum absolute atomic E-state index is 0.138. The highest BCUT2D eigenvalue weighted by atomic mass is 32.2. The lowest BCUT2D eigenvalue weighted by Crippen LogP contribution is -2.41. The number of nitrogens with one attached hydrogen (secondary N) is 1. The number of aliphatic hydroxyl groups excluding tert-OH is 1. The van der Waals surface area contributed by atoms with E-state index in [4.69, 9.17) is 0 Å². The predicted octanol–water partition coefficient (Wildman–Crippen LogP) is 0.276. The predicted molar refractivity (Wildman–Crippen MR) is 97.1 cm³/mol. The number of aromatic nitrogens is 4. The van der Waals surface area contributed by atoms with Gasteiger partial charge >= 0.3 is 0 Å². The molecular formula is C16H23N5O3S. The van der Waals surface area contributed by atoms with Gasteiger partial charge in [0.2, 0.25) is 5.91 Å². The molecule has 1 amide bonds. The van der Waals surface area contributed by atoms with Gasteiger partial charge in [-0.1, -0.05) is 0 Å². The molecule has 0 radical (unpaired) electrons. The summed E-state index contributed by atoms with van der Waals surface area (Å²) in [5.74, 6) is 0.941. The zero-order valence-electron chi connectivity index (χ0n) is 14.6. The van der Waals surface area contributed by atoms with Gasteiger partial charge in [-0.3, -0.25) is 9.59 Å². The van der Waals surface area contributed by atoms with Crippen molar-refractivity contribution in [3.05, 3.63) is 39.9 Å². The zero-order chi connectivity index (χ0) is 18.4. The van der Waals surface area contributed by atoms with Gasteiger partial charge < -0.3 is 10.4 Å². The smallest absolute Gasteiger partial charge is 0.267 e. The Morgan fingerprint density at radius 2 is 2.12 bits per heavy atom. The molecule has 8 nitrogen and oxygen atoms in total. The molecule has 9 heteroatoms. The Morgan fingerprint density at radius 1 is 1.36 bits per heavy atom. The van der Waals surface area contributed by atoms with Crippen molar-refractivity contribution in [1.29, 1.82) is 0 Å². The molecule has 0 saturated heterocycles. The average molecular weight is 365 g/mol. The summed E-state index contributed by atoms with van der Waals surface area (Å²) in [5.41, 5.74) is 1.36. The van der Waals surface area contributed by atoms with E-state index in [1.165, 1.54) is 6.07 Å². The molecule has 0 saturated carbocycles. The summed E-state index contributed by atoms with van der Waals surface area (Å²) in [6.45, 7) is 3.42. The molecule has 0 aliphatic heterocycles. The summed E-state index contributed by atoms with van der Waals surface area (Å²) < 4.78 is 2.72. The molecule has 0 bridgehead atoms. The number of thioether (sulfide) groups is 1. The van der Waals surface area contributed by atoms with E-state index in [-0.39, 0.29) is 30.7 Å². The summed E-state index contributed by atoms with van der Waals surface area (Å²) in [5, 5.41) is 20.6. The molecule has 2 aromatic rings. The van der Waals surface area contributed by atoms with Crippen LogP contribution in [-0.4, -0.2) is 55.2 Å². The standard InChI is InChI=1S/C16H23N5O3S/c1-11-8-12(2)21(18-11)14-4-5-16(24)20(19-14)9-15(23)17-13(10-22)6-7-25-3/h4-5,8,13,22H,6-7,9-10H2,1-3H3,(H,17,23)/t13-/m0/s1. The number of carbonyl (C=O) groups excluding carboxylic acids is 1. The van der Waals surface area contributed by atoms with Gasteiger partial charge in [0.1, 0.15) is 6.54 Å². The molecule has 0 aliphatic carbocycles. The van der Waals surface area contributed by atoms with Gasteiger partial charge in [0.25, 0.3) is 5.56 Å². The first kappa shape index (κ1) is 19.2. The fraction of sp³-hybridized carbons (Fsp3) is 0.500. The van der Waals surface area contributed by atoms with Gasteiger partial charge in [0.05, 0.1) is 18.3 Å². The van der Waals surface area contributed by atoms with Crippen molar-refractivity contribution < 1.29 is 9.90 Å². The Kier molecular flexibility index (Phi) is 6.77. The van der Waals surface area contributed by atoms with Crippen LogP contribution in [0.15, 0.2) is 23.0 Å². The van der Waals surface area contributed by atoms with Crippen LogP contribution in [0.3, 0.4) is 0 Å². The van der Waals surface area contributed by atoms with Crippen LogP contribution in [0.5, 0.6) is 0 Å². The Bertz CT molecular complexity index is 786. The van der Waals surface area contributed by atoms with Gasteiger partial charge in [-0.25, -0.2) is 9.36 Å². The van der Waals surface area contributed by atoms with E-state index in [9.17, 15) is 14.7 Å². The topological polar surface area (TPSA) is 102 Å². The highest BCUT2D eigenvalue weighted by Crippen LogP contribution is 2.07. The van der Waals surface area contributed by atoms with Crippen LogP contribution in [0.2, 0.25) is 0 Å². The molecule has 2 rings (SSSR count). The number of carbonyl (C=O) groups is 1. The second-order valence-corrected chi connectivity index (χ2v) is 6.74. The third-order valence-corrected chi connectivity index (χ3v) is 4.27. The van der Waals surface area contributed by atoms with Gasteiger partial charge in [-0.05, 0) is 44.4 Å². The summed E-state index contributed by atoms with van der Waals surface area (Å²) >= 11 is 1.64. The third kappa shape index (κ3) is 5.17. The Morgan fingerprint density at radius 3 is 2.72 bits per heavy atom. The van der Waals surface area contributed by atoms with E-state index >= 15 is 0 Å². The summed E-state index contributed by atoms with van der Waals surface area (Å²) in [6.07, 6.45) is 2.63. The minimum Gasteiger partial charge on any atom is -0.394 e. The van der Waals surface area contributed by atoms with E-state index in [0.29, 0.717) is 12.2 Å². The van der Waals surface area contributed by atoms with Crippen molar-refractivity contribution in [3.63, 3.8) is 0 Å². The van der Waals surface area contributed by atoms with Crippen molar-refractivity contribution >= 4 is 17.7 Å². The molecule has 0 unspecified atom stereocenters. The highest BCUT2D eigenvalue weighted by Gasteiger charge is 2.14. The minimum atomic E-state index is -0.370. The van der Waals surface area contributed by atoms with Gasteiger partial charge in [0, 0.05) is 11.8 Å². The van der Waals surface area contributed by atoms with Crippen LogP contribution in [0.1, 0.15) is 17.8 Å². The first-order chi connectivity index (χ1) is 11.9. The first-order valence-electron chi connectivity index (χ1n) is 7.95. The lowest BCUT2D eigenvalue weighted by atomic mass is 10.2. The quantitative estimate of drug-likeness (QED) is 0.696. The Hall–Kier alpha value is -2.13. The third-order valence-electron chi connectivity index (χ3n) is 3.63. The monoisotopic (exact) mass is 365 g/mol. The first-order valence-corrected chi connectivity index (χ1v) is 9.35. The summed E-state index contributed by atoms with van der Waals surface area (Å²) in [4.78, 5) is 24.2. The average Bonchev–Trinajstić information content (AvgIpc) is 2.92. The number of nitrogens with zero attached hydrogens (tertiary/aromatic N) is 4. The number of hydrogen-bond acceptors (Lipinski definition) is 6.